The van der Waals surface area contributed by atoms with Gasteiger partial charge in [-0.3, -0.25) is 4.79 Å². The second-order valence-electron chi connectivity index (χ2n) is 5.34. The van der Waals surface area contributed by atoms with Crippen molar-refractivity contribution in [2.75, 3.05) is 5.88 Å². The maximum absolute atomic E-state index is 11.8. The van der Waals surface area contributed by atoms with Crippen molar-refractivity contribution in [1.29, 1.82) is 0 Å². The van der Waals surface area contributed by atoms with Crippen LogP contribution in [0.4, 0.5) is 0 Å². The number of aliphatic carboxylic acids is 1. The standard InChI is InChI=1S/C13H20ClNO3.Na.H/c1-13(2)8-9(13)11(16)15-10(12(17)18)6-4-3-5-7-14;;/h6,9H,3-5,7-8H2,1-2H3,(H,15,16)(H,17,18);;/q;+1;-1/b10-6+;;. The number of carbonyl (C=O) groups excluding carboxylic acids is 1. The van der Waals surface area contributed by atoms with Crippen LogP contribution < -0.4 is 34.9 Å². The number of carboxylic acid groups (broad SMARTS) is 1. The molecule has 0 aromatic carbocycles. The Bertz CT molecular complexity index is 375. The van der Waals surface area contributed by atoms with Crippen molar-refractivity contribution in [3.8, 4) is 0 Å². The third-order valence-electron chi connectivity index (χ3n) is 3.25. The normalized spacial score (nSPS) is 20.4. The Hall–Kier alpha value is -0.0300. The maximum atomic E-state index is 11.8. The summed E-state index contributed by atoms with van der Waals surface area (Å²) in [6.45, 7) is 4.00. The van der Waals surface area contributed by atoms with E-state index in [9.17, 15) is 9.59 Å². The summed E-state index contributed by atoms with van der Waals surface area (Å²) < 4.78 is 0. The Labute approximate surface area is 142 Å². The molecular formula is C13H21ClNNaO3. The van der Waals surface area contributed by atoms with Gasteiger partial charge in [-0.15, -0.1) is 11.6 Å². The minimum atomic E-state index is -1.09. The maximum Gasteiger partial charge on any atom is 1.00 e. The number of alkyl halides is 1. The van der Waals surface area contributed by atoms with Crippen LogP contribution >= 0.6 is 11.6 Å². The van der Waals surface area contributed by atoms with E-state index in [0.717, 1.165) is 19.3 Å². The number of nitrogens with one attached hydrogen (secondary N) is 1. The van der Waals surface area contributed by atoms with Crippen LogP contribution in [0.1, 0.15) is 41.0 Å². The molecule has 0 aromatic heterocycles. The molecule has 6 heteroatoms. The van der Waals surface area contributed by atoms with Gasteiger partial charge in [0.2, 0.25) is 5.91 Å². The van der Waals surface area contributed by atoms with Gasteiger partial charge in [-0.25, -0.2) is 4.79 Å². The van der Waals surface area contributed by atoms with E-state index < -0.39 is 5.97 Å². The van der Waals surface area contributed by atoms with E-state index >= 15 is 0 Å². The van der Waals surface area contributed by atoms with E-state index in [-0.39, 0.29) is 53.9 Å². The number of hydrogen-bond donors (Lipinski definition) is 2. The Kier molecular flexibility index (Phi) is 8.29. The van der Waals surface area contributed by atoms with Crippen LogP contribution in [0.5, 0.6) is 0 Å². The Morgan fingerprint density at radius 2 is 2.05 bits per heavy atom. The molecule has 1 aliphatic rings. The van der Waals surface area contributed by atoms with Gasteiger partial charge in [-0.05, 0) is 31.1 Å². The van der Waals surface area contributed by atoms with Gasteiger partial charge in [0, 0.05) is 11.8 Å². The van der Waals surface area contributed by atoms with Crippen LogP contribution in [0.2, 0.25) is 0 Å². The Morgan fingerprint density at radius 3 is 2.47 bits per heavy atom. The van der Waals surface area contributed by atoms with Crippen LogP contribution in [-0.4, -0.2) is 22.9 Å². The zero-order valence-corrected chi connectivity index (χ0v) is 14.6. The first-order valence-corrected chi connectivity index (χ1v) is 6.72. The van der Waals surface area contributed by atoms with Crippen molar-refractivity contribution < 1.29 is 45.7 Å². The molecule has 0 aromatic rings. The number of halogens is 1. The summed E-state index contributed by atoms with van der Waals surface area (Å²) >= 11 is 5.54. The molecule has 1 aliphatic carbocycles. The Morgan fingerprint density at radius 1 is 1.47 bits per heavy atom. The minimum Gasteiger partial charge on any atom is -1.00 e. The fourth-order valence-corrected chi connectivity index (χ4v) is 2.00. The average Bonchev–Trinajstić information content (AvgIpc) is 2.92. The predicted octanol–water partition coefficient (Wildman–Crippen LogP) is -0.357. The van der Waals surface area contributed by atoms with Crippen molar-refractivity contribution >= 4 is 23.5 Å². The first kappa shape index (κ1) is 19.0. The van der Waals surface area contributed by atoms with Gasteiger partial charge in [-0.1, -0.05) is 19.9 Å². The van der Waals surface area contributed by atoms with Crippen molar-refractivity contribution in [2.24, 2.45) is 11.3 Å². The molecule has 0 heterocycles. The van der Waals surface area contributed by atoms with Gasteiger partial charge in [0.05, 0.1) is 0 Å². The second kappa shape index (κ2) is 8.30. The van der Waals surface area contributed by atoms with Gasteiger partial charge >= 0.3 is 35.5 Å². The largest absolute Gasteiger partial charge is 1.00 e. The molecule has 1 saturated carbocycles. The van der Waals surface area contributed by atoms with Gasteiger partial charge in [-0.2, -0.15) is 0 Å². The monoisotopic (exact) mass is 297 g/mol. The zero-order valence-electron chi connectivity index (χ0n) is 12.8. The molecule has 0 saturated heterocycles. The summed E-state index contributed by atoms with van der Waals surface area (Å²) in [7, 11) is 0. The molecule has 1 unspecified atom stereocenters. The van der Waals surface area contributed by atoms with Gasteiger partial charge in [0.25, 0.3) is 0 Å². The number of hydrogen-bond acceptors (Lipinski definition) is 2. The molecule has 104 valence electrons. The van der Waals surface area contributed by atoms with Crippen LogP contribution in [0, 0.1) is 11.3 Å². The fourth-order valence-electron chi connectivity index (χ4n) is 1.81. The van der Waals surface area contributed by atoms with Crippen LogP contribution in [0.15, 0.2) is 11.8 Å². The van der Waals surface area contributed by atoms with E-state index in [0.29, 0.717) is 12.3 Å². The fraction of sp³-hybridized carbons (Fsp3) is 0.692. The summed E-state index contributed by atoms with van der Waals surface area (Å²) in [6.07, 6.45) is 4.66. The summed E-state index contributed by atoms with van der Waals surface area (Å²) in [6, 6.07) is 0. The third kappa shape index (κ3) is 6.30. The summed E-state index contributed by atoms with van der Waals surface area (Å²) in [4.78, 5) is 22.8. The van der Waals surface area contributed by atoms with E-state index in [1.54, 1.807) is 6.08 Å². The second-order valence-corrected chi connectivity index (χ2v) is 5.72. The van der Waals surface area contributed by atoms with E-state index in [4.69, 9.17) is 16.7 Å². The SMILES string of the molecule is CC1(C)CC1C(=O)N/C(=C/CCCCCl)C(=O)O.[H-].[Na+]. The molecular weight excluding hydrogens is 277 g/mol. The Balaban J connectivity index is 0. The smallest absolute Gasteiger partial charge is 1.00 e. The van der Waals surface area contributed by atoms with Crippen molar-refractivity contribution in [3.05, 3.63) is 11.8 Å². The van der Waals surface area contributed by atoms with Crippen molar-refractivity contribution in [1.82, 2.24) is 5.32 Å². The number of carboxylic acids is 1. The van der Waals surface area contributed by atoms with Gasteiger partial charge in [0.15, 0.2) is 0 Å². The molecule has 0 aliphatic heterocycles. The first-order valence-electron chi connectivity index (χ1n) is 6.19. The zero-order chi connectivity index (χ0) is 13.8. The molecule has 1 amide bonds. The average molecular weight is 298 g/mol. The summed E-state index contributed by atoms with van der Waals surface area (Å²) in [5.41, 5.74) is -0.0101. The van der Waals surface area contributed by atoms with E-state index in [1.807, 2.05) is 13.8 Å². The quantitative estimate of drug-likeness (QED) is 0.292. The molecule has 1 fully saturated rings. The molecule has 19 heavy (non-hydrogen) atoms. The minimum absolute atomic E-state index is 0. The van der Waals surface area contributed by atoms with Crippen LogP contribution in [0.25, 0.3) is 0 Å². The van der Waals surface area contributed by atoms with E-state index in [2.05, 4.69) is 5.32 Å². The summed E-state index contributed by atoms with van der Waals surface area (Å²) in [5, 5.41) is 11.5. The van der Waals surface area contributed by atoms with Crippen LogP contribution in [0.3, 0.4) is 0 Å². The van der Waals surface area contributed by atoms with Gasteiger partial charge < -0.3 is 11.8 Å². The van der Waals surface area contributed by atoms with E-state index in [1.165, 1.54) is 0 Å². The van der Waals surface area contributed by atoms with Crippen LogP contribution in [-0.2, 0) is 9.59 Å². The van der Waals surface area contributed by atoms with Gasteiger partial charge in [0.1, 0.15) is 5.70 Å². The number of rotatable bonds is 7. The number of unbranched alkanes of at least 4 members (excludes halogenated alkanes) is 2. The van der Waals surface area contributed by atoms with Crippen molar-refractivity contribution in [3.63, 3.8) is 0 Å². The first-order chi connectivity index (χ1) is 8.38. The predicted molar refractivity (Wildman–Crippen MR) is 71.4 cm³/mol. The molecule has 0 bridgehead atoms. The molecule has 4 nitrogen and oxygen atoms in total. The third-order valence-corrected chi connectivity index (χ3v) is 3.52. The number of allylic oxidation sites excluding steroid dienone is 1. The molecule has 0 spiro atoms. The number of amides is 1. The molecule has 2 N–H and O–H groups in total. The van der Waals surface area contributed by atoms with Crippen molar-refractivity contribution in [2.45, 2.75) is 39.5 Å². The summed E-state index contributed by atoms with van der Waals surface area (Å²) in [5.74, 6) is -0.777. The topological polar surface area (TPSA) is 66.4 Å². The molecule has 1 atom stereocenters. The molecule has 0 radical (unpaired) electrons. The molecule has 1 rings (SSSR count). The number of carbonyl (C=O) groups is 2.